The molecule has 2 heterocycles. The summed E-state index contributed by atoms with van der Waals surface area (Å²) >= 11 is 0. The number of benzene rings is 2. The molecule has 1 saturated heterocycles. The molecule has 2 unspecified atom stereocenters. The molecule has 33 heavy (non-hydrogen) atoms. The first kappa shape index (κ1) is 22.9. The number of nitrogens with zero attached hydrogens (tertiary/aromatic N) is 2. The molecule has 0 saturated carbocycles. The van der Waals surface area contributed by atoms with Gasteiger partial charge in [-0.05, 0) is 63.2 Å². The largest absolute Gasteiger partial charge is 0.494 e. The number of ether oxygens (including phenoxy) is 2. The zero-order chi connectivity index (χ0) is 23.5. The SMILES string of the molecule is CCOc1ccc(N2C(=O)c3ccc(C(=O)NCCN4CC(C)OC(C)C4)cc3C2=O)cc1. The Morgan fingerprint density at radius 2 is 1.70 bits per heavy atom. The molecular formula is C25H29N3O5. The zero-order valence-corrected chi connectivity index (χ0v) is 19.2. The second-order valence-electron chi connectivity index (χ2n) is 8.41. The van der Waals surface area contributed by atoms with E-state index in [4.69, 9.17) is 9.47 Å². The molecule has 8 nitrogen and oxygen atoms in total. The Balaban J connectivity index is 1.41. The van der Waals surface area contributed by atoms with Gasteiger partial charge in [-0.2, -0.15) is 0 Å². The quantitative estimate of drug-likeness (QED) is 0.652. The molecule has 174 valence electrons. The van der Waals surface area contributed by atoms with Gasteiger partial charge in [-0.15, -0.1) is 0 Å². The van der Waals surface area contributed by atoms with Crippen LogP contribution in [-0.2, 0) is 4.74 Å². The molecule has 1 fully saturated rings. The van der Waals surface area contributed by atoms with Crippen LogP contribution < -0.4 is 15.0 Å². The predicted octanol–water partition coefficient (Wildman–Crippen LogP) is 2.72. The lowest BCUT2D eigenvalue weighted by atomic mass is 10.1. The van der Waals surface area contributed by atoms with Gasteiger partial charge >= 0.3 is 0 Å². The highest BCUT2D eigenvalue weighted by atomic mass is 16.5. The fraction of sp³-hybridized carbons (Fsp3) is 0.400. The van der Waals surface area contributed by atoms with Crippen LogP contribution in [0.5, 0.6) is 5.75 Å². The number of nitrogens with one attached hydrogen (secondary N) is 1. The molecule has 2 atom stereocenters. The zero-order valence-electron chi connectivity index (χ0n) is 19.2. The molecule has 2 aliphatic rings. The van der Waals surface area contributed by atoms with E-state index < -0.39 is 11.8 Å². The lowest BCUT2D eigenvalue weighted by molar-refractivity contribution is -0.0672. The van der Waals surface area contributed by atoms with Gasteiger partial charge in [0.25, 0.3) is 17.7 Å². The van der Waals surface area contributed by atoms with E-state index >= 15 is 0 Å². The van der Waals surface area contributed by atoms with Crippen LogP contribution in [0, 0.1) is 0 Å². The molecule has 0 spiro atoms. The number of hydrogen-bond acceptors (Lipinski definition) is 6. The molecule has 0 bridgehead atoms. The van der Waals surface area contributed by atoms with E-state index in [0.717, 1.165) is 24.5 Å². The Hall–Kier alpha value is -3.23. The van der Waals surface area contributed by atoms with Gasteiger partial charge in [0.05, 0.1) is 35.6 Å². The highest BCUT2D eigenvalue weighted by Gasteiger charge is 2.37. The van der Waals surface area contributed by atoms with Crippen molar-refractivity contribution in [2.24, 2.45) is 0 Å². The molecule has 2 aromatic carbocycles. The minimum absolute atomic E-state index is 0.169. The van der Waals surface area contributed by atoms with Crippen LogP contribution in [0.25, 0.3) is 0 Å². The summed E-state index contributed by atoms with van der Waals surface area (Å²) in [4.78, 5) is 41.9. The van der Waals surface area contributed by atoms with Gasteiger partial charge in [-0.1, -0.05) is 0 Å². The smallest absolute Gasteiger partial charge is 0.266 e. The third kappa shape index (κ3) is 4.91. The standard InChI is InChI=1S/C25H29N3O5/c1-4-32-20-8-6-19(7-9-20)28-24(30)21-10-5-18(13-22(21)25(28)31)23(29)26-11-12-27-14-16(2)33-17(3)15-27/h5-10,13,16-17H,4,11-12,14-15H2,1-3H3,(H,26,29). The fourth-order valence-electron chi connectivity index (χ4n) is 4.37. The number of amides is 3. The van der Waals surface area contributed by atoms with E-state index in [1.807, 2.05) is 20.8 Å². The van der Waals surface area contributed by atoms with Crippen LogP contribution >= 0.6 is 0 Å². The highest BCUT2D eigenvalue weighted by molar-refractivity contribution is 6.34. The lowest BCUT2D eigenvalue weighted by Gasteiger charge is -2.35. The molecule has 2 aliphatic heterocycles. The maximum Gasteiger partial charge on any atom is 0.266 e. The van der Waals surface area contributed by atoms with Crippen molar-refractivity contribution < 1.29 is 23.9 Å². The first-order valence-electron chi connectivity index (χ1n) is 11.3. The van der Waals surface area contributed by atoms with Crippen molar-refractivity contribution in [2.75, 3.05) is 37.7 Å². The Kier molecular flexibility index (Phi) is 6.76. The van der Waals surface area contributed by atoms with E-state index in [2.05, 4.69) is 10.2 Å². The van der Waals surface area contributed by atoms with Crippen molar-refractivity contribution in [3.8, 4) is 5.75 Å². The second-order valence-corrected chi connectivity index (χ2v) is 8.41. The maximum atomic E-state index is 13.0. The second kappa shape index (κ2) is 9.72. The van der Waals surface area contributed by atoms with Crippen molar-refractivity contribution >= 4 is 23.4 Å². The van der Waals surface area contributed by atoms with E-state index in [9.17, 15) is 14.4 Å². The first-order valence-corrected chi connectivity index (χ1v) is 11.3. The number of carbonyl (C=O) groups is 3. The fourth-order valence-corrected chi connectivity index (χ4v) is 4.37. The molecular weight excluding hydrogens is 422 g/mol. The number of rotatable bonds is 7. The topological polar surface area (TPSA) is 88.2 Å². The van der Waals surface area contributed by atoms with E-state index in [1.165, 1.54) is 6.07 Å². The normalized spacial score (nSPS) is 20.6. The minimum Gasteiger partial charge on any atom is -0.494 e. The monoisotopic (exact) mass is 451 g/mol. The molecule has 0 aromatic heterocycles. The number of anilines is 1. The lowest BCUT2D eigenvalue weighted by Crippen LogP contribution is -2.47. The number of fused-ring (bicyclic) bond motifs is 1. The predicted molar refractivity (Wildman–Crippen MR) is 124 cm³/mol. The van der Waals surface area contributed by atoms with Crippen LogP contribution in [0.15, 0.2) is 42.5 Å². The van der Waals surface area contributed by atoms with Crippen molar-refractivity contribution in [3.05, 3.63) is 59.2 Å². The van der Waals surface area contributed by atoms with Gasteiger partial charge in [-0.25, -0.2) is 4.90 Å². The molecule has 8 heteroatoms. The molecule has 0 radical (unpaired) electrons. The Morgan fingerprint density at radius 3 is 2.36 bits per heavy atom. The van der Waals surface area contributed by atoms with Crippen LogP contribution in [0.2, 0.25) is 0 Å². The van der Waals surface area contributed by atoms with Gasteiger partial charge in [0.15, 0.2) is 0 Å². The summed E-state index contributed by atoms with van der Waals surface area (Å²) < 4.78 is 11.2. The van der Waals surface area contributed by atoms with Crippen molar-refractivity contribution in [3.63, 3.8) is 0 Å². The maximum absolute atomic E-state index is 13.0. The molecule has 0 aliphatic carbocycles. The van der Waals surface area contributed by atoms with Crippen LogP contribution in [-0.4, -0.2) is 67.6 Å². The summed E-state index contributed by atoms with van der Waals surface area (Å²) in [6.45, 7) is 9.37. The third-order valence-corrected chi connectivity index (χ3v) is 5.76. The molecule has 1 N–H and O–H groups in total. The molecule has 3 amide bonds. The average molecular weight is 452 g/mol. The third-order valence-electron chi connectivity index (χ3n) is 5.76. The minimum atomic E-state index is -0.440. The van der Waals surface area contributed by atoms with Crippen molar-refractivity contribution in [2.45, 2.75) is 33.0 Å². The average Bonchev–Trinajstić information content (AvgIpc) is 3.03. The van der Waals surface area contributed by atoms with Gasteiger partial charge in [0.1, 0.15) is 5.75 Å². The molecule has 2 aromatic rings. The Bertz CT molecular complexity index is 1040. The summed E-state index contributed by atoms with van der Waals surface area (Å²) in [5.74, 6) is -0.448. The Morgan fingerprint density at radius 1 is 1.03 bits per heavy atom. The van der Waals surface area contributed by atoms with Crippen LogP contribution in [0.1, 0.15) is 51.8 Å². The van der Waals surface area contributed by atoms with Gasteiger partial charge in [0.2, 0.25) is 0 Å². The molecule has 4 rings (SSSR count). The van der Waals surface area contributed by atoms with E-state index in [-0.39, 0.29) is 23.7 Å². The van der Waals surface area contributed by atoms with Gasteiger partial charge in [0, 0.05) is 31.7 Å². The van der Waals surface area contributed by atoms with Gasteiger partial charge in [-0.3, -0.25) is 19.3 Å². The number of carbonyl (C=O) groups excluding carboxylic acids is 3. The number of imide groups is 1. The summed E-state index contributed by atoms with van der Waals surface area (Å²) in [5.41, 5.74) is 1.34. The number of hydrogen-bond donors (Lipinski definition) is 1. The Labute approximate surface area is 193 Å². The number of morpholine rings is 1. The van der Waals surface area contributed by atoms with Crippen molar-refractivity contribution in [1.29, 1.82) is 0 Å². The van der Waals surface area contributed by atoms with Crippen molar-refractivity contribution in [1.82, 2.24) is 10.2 Å². The first-order chi connectivity index (χ1) is 15.9. The summed E-state index contributed by atoms with van der Waals surface area (Å²) in [6.07, 6.45) is 0.339. The van der Waals surface area contributed by atoms with E-state index in [1.54, 1.807) is 36.4 Å². The summed E-state index contributed by atoms with van der Waals surface area (Å²) in [7, 11) is 0. The van der Waals surface area contributed by atoms with Crippen LogP contribution in [0.3, 0.4) is 0 Å². The van der Waals surface area contributed by atoms with Gasteiger partial charge < -0.3 is 14.8 Å². The summed E-state index contributed by atoms with van der Waals surface area (Å²) in [5, 5.41) is 2.91. The highest BCUT2D eigenvalue weighted by Crippen LogP contribution is 2.30. The summed E-state index contributed by atoms with van der Waals surface area (Å²) in [6, 6.07) is 11.4. The van der Waals surface area contributed by atoms with Crippen LogP contribution in [0.4, 0.5) is 5.69 Å². The van der Waals surface area contributed by atoms with E-state index in [0.29, 0.717) is 35.7 Å².